The first-order valence-electron chi connectivity index (χ1n) is 3.67. The number of amides is 1. The molecule has 2 nitrogen and oxygen atoms in total. The van der Waals surface area contributed by atoms with Gasteiger partial charge in [0.05, 0.1) is 4.21 Å². The van der Waals surface area contributed by atoms with Gasteiger partial charge in [0.1, 0.15) is 4.75 Å². The number of thiophene rings is 1. The third-order valence-corrected chi connectivity index (χ3v) is 4.60. The van der Waals surface area contributed by atoms with Crippen LogP contribution in [0.5, 0.6) is 0 Å². The summed E-state index contributed by atoms with van der Waals surface area (Å²) in [5.74, 6) is -0.212. The van der Waals surface area contributed by atoms with Crippen LogP contribution in [0.2, 0.25) is 0 Å². The van der Waals surface area contributed by atoms with Crippen molar-refractivity contribution in [1.82, 2.24) is 0 Å². The van der Waals surface area contributed by atoms with Crippen LogP contribution in [0.1, 0.15) is 12.5 Å². The number of carbonyl (C=O) groups excluding carboxylic acids is 1. The van der Waals surface area contributed by atoms with Crippen LogP contribution in [-0.4, -0.2) is 10.7 Å². The van der Waals surface area contributed by atoms with E-state index in [2.05, 4.69) is 11.4 Å². The lowest BCUT2D eigenvalue weighted by Gasteiger charge is -2.16. The molecule has 1 aliphatic rings. The second kappa shape index (κ2) is 2.50. The molecule has 1 atom stereocenters. The van der Waals surface area contributed by atoms with Crippen LogP contribution in [0.25, 0.3) is 0 Å². The zero-order valence-electron chi connectivity index (χ0n) is 6.66. The Morgan fingerprint density at radius 3 is 3.08 bits per heavy atom. The molecule has 2 rings (SSSR count). The van der Waals surface area contributed by atoms with E-state index in [1.807, 2.05) is 6.92 Å². The molecule has 0 fully saturated rings. The molecule has 0 saturated heterocycles. The lowest BCUT2D eigenvalue weighted by molar-refractivity contribution is -0.119. The third kappa shape index (κ3) is 1.06. The van der Waals surface area contributed by atoms with E-state index in [0.29, 0.717) is 0 Å². The Morgan fingerprint density at radius 1 is 1.75 bits per heavy atom. The van der Waals surface area contributed by atoms with Gasteiger partial charge in [0.15, 0.2) is 0 Å². The summed E-state index contributed by atoms with van der Waals surface area (Å²) in [6.45, 7) is 1.91. The number of nitrogens with two attached hydrogens (primary N) is 1. The van der Waals surface area contributed by atoms with E-state index in [4.69, 9.17) is 5.73 Å². The van der Waals surface area contributed by atoms with Gasteiger partial charge in [0, 0.05) is 0 Å². The highest BCUT2D eigenvalue weighted by Crippen LogP contribution is 2.47. The Hall–Kier alpha value is -0.480. The molecular weight excluding hydrogens is 190 g/mol. The zero-order valence-corrected chi connectivity index (χ0v) is 8.30. The molecule has 0 bridgehead atoms. The highest BCUT2D eigenvalue weighted by Gasteiger charge is 2.39. The predicted octanol–water partition coefficient (Wildman–Crippen LogP) is 1.64. The molecule has 4 heteroatoms. The van der Waals surface area contributed by atoms with E-state index in [1.165, 1.54) is 9.77 Å². The summed E-state index contributed by atoms with van der Waals surface area (Å²) in [6, 6.07) is 2.07. The average Bonchev–Trinajstić information content (AvgIpc) is 2.44. The molecule has 64 valence electrons. The summed E-state index contributed by atoms with van der Waals surface area (Å²) in [4.78, 5) is 11.1. The monoisotopic (exact) mass is 199 g/mol. The normalized spacial score (nSPS) is 27.1. The van der Waals surface area contributed by atoms with Crippen molar-refractivity contribution in [3.8, 4) is 0 Å². The summed E-state index contributed by atoms with van der Waals surface area (Å²) < 4.78 is 0.846. The number of hydrogen-bond acceptors (Lipinski definition) is 3. The zero-order chi connectivity index (χ0) is 8.77. The summed E-state index contributed by atoms with van der Waals surface area (Å²) >= 11 is 3.28. The molecule has 2 N–H and O–H groups in total. The number of hydrogen-bond donors (Lipinski definition) is 1. The maximum Gasteiger partial charge on any atom is 0.234 e. The standard InChI is InChI=1S/C8H9NOS2/c1-8(7(9)10)4-5-2-3-11-6(5)12-8/h2-3H,4H2,1H3,(H2,9,10). The van der Waals surface area contributed by atoms with Gasteiger partial charge >= 0.3 is 0 Å². The Labute approximate surface area is 79.2 Å². The highest BCUT2D eigenvalue weighted by molar-refractivity contribution is 8.03. The molecule has 0 aromatic carbocycles. The fourth-order valence-corrected chi connectivity index (χ4v) is 3.85. The lowest BCUT2D eigenvalue weighted by atomic mass is 10.0. The largest absolute Gasteiger partial charge is 0.368 e. The summed E-state index contributed by atoms with van der Waals surface area (Å²) in [6.07, 6.45) is 0.784. The Balaban J connectivity index is 2.32. The van der Waals surface area contributed by atoms with Gasteiger partial charge in [-0.1, -0.05) is 11.8 Å². The van der Waals surface area contributed by atoms with Gasteiger partial charge in [-0.2, -0.15) is 0 Å². The number of thioether (sulfide) groups is 1. The molecule has 0 radical (unpaired) electrons. The number of fused-ring (bicyclic) bond motifs is 1. The number of rotatable bonds is 1. The van der Waals surface area contributed by atoms with Crippen molar-refractivity contribution in [3.63, 3.8) is 0 Å². The molecule has 12 heavy (non-hydrogen) atoms. The minimum absolute atomic E-state index is 0.212. The van der Waals surface area contributed by atoms with Crippen LogP contribution in [0, 0.1) is 0 Å². The first-order valence-corrected chi connectivity index (χ1v) is 5.37. The molecule has 0 spiro atoms. The van der Waals surface area contributed by atoms with Crippen molar-refractivity contribution >= 4 is 29.0 Å². The SMILES string of the molecule is CC1(C(N)=O)Cc2ccsc2S1. The summed E-state index contributed by atoms with van der Waals surface area (Å²) in [5.41, 5.74) is 6.59. The molecule has 1 aromatic rings. The van der Waals surface area contributed by atoms with E-state index in [-0.39, 0.29) is 5.91 Å². The van der Waals surface area contributed by atoms with Gasteiger partial charge in [-0.3, -0.25) is 4.79 Å². The van der Waals surface area contributed by atoms with Crippen molar-refractivity contribution in [2.45, 2.75) is 22.3 Å². The fourth-order valence-electron chi connectivity index (χ4n) is 1.28. The third-order valence-electron chi connectivity index (χ3n) is 2.07. The number of primary amides is 1. The van der Waals surface area contributed by atoms with Crippen LogP contribution >= 0.6 is 23.1 Å². The maximum absolute atomic E-state index is 11.1. The quantitative estimate of drug-likeness (QED) is 0.747. The van der Waals surface area contributed by atoms with Crippen LogP contribution in [-0.2, 0) is 11.2 Å². The molecule has 1 aromatic heterocycles. The second-order valence-corrected chi connectivity index (χ2v) is 5.80. The highest BCUT2D eigenvalue weighted by atomic mass is 32.2. The maximum atomic E-state index is 11.1. The van der Waals surface area contributed by atoms with Gasteiger partial charge < -0.3 is 5.73 Å². The van der Waals surface area contributed by atoms with Crippen molar-refractivity contribution in [3.05, 3.63) is 17.0 Å². The molecule has 0 aliphatic carbocycles. The first-order chi connectivity index (χ1) is 5.62. The van der Waals surface area contributed by atoms with Crippen LogP contribution in [0.3, 0.4) is 0 Å². The molecular formula is C8H9NOS2. The molecule has 1 unspecified atom stereocenters. The van der Waals surface area contributed by atoms with Crippen molar-refractivity contribution in [2.24, 2.45) is 5.73 Å². The first kappa shape index (κ1) is 8.13. The number of carbonyl (C=O) groups is 1. The van der Waals surface area contributed by atoms with Crippen molar-refractivity contribution < 1.29 is 4.79 Å². The van der Waals surface area contributed by atoms with Crippen LogP contribution < -0.4 is 5.73 Å². The smallest absolute Gasteiger partial charge is 0.234 e. The molecule has 2 heterocycles. The predicted molar refractivity (Wildman–Crippen MR) is 51.5 cm³/mol. The van der Waals surface area contributed by atoms with Crippen LogP contribution in [0.15, 0.2) is 15.7 Å². The van der Waals surface area contributed by atoms with E-state index >= 15 is 0 Å². The summed E-state index contributed by atoms with van der Waals surface area (Å²) in [7, 11) is 0. The Morgan fingerprint density at radius 2 is 2.50 bits per heavy atom. The van der Waals surface area contributed by atoms with E-state index in [0.717, 1.165) is 6.42 Å². The van der Waals surface area contributed by atoms with Gasteiger partial charge in [-0.15, -0.1) is 11.3 Å². The van der Waals surface area contributed by atoms with Gasteiger partial charge in [0.2, 0.25) is 5.91 Å². The molecule has 0 saturated carbocycles. The molecule has 1 amide bonds. The lowest BCUT2D eigenvalue weighted by Crippen LogP contribution is -2.37. The minimum Gasteiger partial charge on any atom is -0.368 e. The van der Waals surface area contributed by atoms with Gasteiger partial charge in [-0.25, -0.2) is 0 Å². The fraction of sp³-hybridized carbons (Fsp3) is 0.375. The Bertz CT molecular complexity index is 311. The Kier molecular flexibility index (Phi) is 1.70. The minimum atomic E-state index is -0.400. The average molecular weight is 199 g/mol. The molecule has 1 aliphatic heterocycles. The van der Waals surface area contributed by atoms with Crippen molar-refractivity contribution in [2.75, 3.05) is 0 Å². The topological polar surface area (TPSA) is 43.1 Å². The van der Waals surface area contributed by atoms with Crippen LogP contribution in [0.4, 0.5) is 0 Å². The van der Waals surface area contributed by atoms with E-state index in [1.54, 1.807) is 23.1 Å². The van der Waals surface area contributed by atoms with E-state index < -0.39 is 4.75 Å². The van der Waals surface area contributed by atoms with Gasteiger partial charge in [0.25, 0.3) is 0 Å². The van der Waals surface area contributed by atoms with Crippen molar-refractivity contribution in [1.29, 1.82) is 0 Å². The van der Waals surface area contributed by atoms with E-state index in [9.17, 15) is 4.79 Å². The summed E-state index contributed by atoms with van der Waals surface area (Å²) in [5, 5.41) is 2.05. The van der Waals surface area contributed by atoms with Gasteiger partial charge in [-0.05, 0) is 30.4 Å². The second-order valence-electron chi connectivity index (χ2n) is 3.11.